The molecule has 2 aliphatic rings. The molecule has 4 rings (SSSR count). The summed E-state index contributed by atoms with van der Waals surface area (Å²) in [6, 6.07) is 9.49. The van der Waals surface area contributed by atoms with Gasteiger partial charge in [0.15, 0.2) is 5.82 Å². The zero-order chi connectivity index (χ0) is 18.3. The summed E-state index contributed by atoms with van der Waals surface area (Å²) in [6.45, 7) is 4.08. The van der Waals surface area contributed by atoms with Crippen molar-refractivity contribution in [3.05, 3.63) is 46.7 Å². The van der Waals surface area contributed by atoms with E-state index in [0.717, 1.165) is 42.8 Å². The molecule has 5 nitrogen and oxygen atoms in total. The second-order valence-electron chi connectivity index (χ2n) is 7.55. The van der Waals surface area contributed by atoms with Crippen molar-refractivity contribution in [2.24, 2.45) is 11.3 Å². The number of likely N-dealkylation sites (tertiary alicyclic amines) is 1. The summed E-state index contributed by atoms with van der Waals surface area (Å²) in [5.74, 6) is 0.311. The van der Waals surface area contributed by atoms with Crippen LogP contribution in [0.15, 0.2) is 30.3 Å². The Kier molecular flexibility index (Phi) is 4.45. The maximum Gasteiger partial charge on any atom is 0.311 e. The summed E-state index contributed by atoms with van der Waals surface area (Å²) >= 11 is 5.96. The normalized spacial score (nSPS) is 25.4. The predicted molar refractivity (Wildman–Crippen MR) is 99.9 cm³/mol. The minimum Gasteiger partial charge on any atom is -0.481 e. The molecule has 0 amide bonds. The Bertz CT molecular complexity index is 839. The lowest BCUT2D eigenvalue weighted by atomic mass is 9.81. The summed E-state index contributed by atoms with van der Waals surface area (Å²) in [5.41, 5.74) is 2.22. The molecule has 1 aliphatic heterocycles. The number of hydrogen-bond donors (Lipinski definition) is 1. The number of aryl methyl sites for hydroxylation is 1. The molecule has 26 heavy (non-hydrogen) atoms. The van der Waals surface area contributed by atoms with Crippen molar-refractivity contribution < 1.29 is 9.90 Å². The first-order valence-electron chi connectivity index (χ1n) is 9.02. The van der Waals surface area contributed by atoms with E-state index < -0.39 is 11.4 Å². The third-order valence-corrected chi connectivity index (χ3v) is 6.01. The maximum atomic E-state index is 11.9. The van der Waals surface area contributed by atoms with Crippen LogP contribution in [0.3, 0.4) is 0 Å². The Hall–Kier alpha value is -1.98. The molecule has 136 valence electrons. The number of fused-ring (bicyclic) bond motifs is 1. The lowest BCUT2D eigenvalue weighted by Crippen LogP contribution is -2.35. The molecule has 2 fully saturated rings. The molecule has 6 heteroatoms. The van der Waals surface area contributed by atoms with E-state index in [1.165, 1.54) is 0 Å². The number of carboxylic acids is 1. The number of aromatic nitrogens is 2. The maximum absolute atomic E-state index is 11.9. The Balaban J connectivity index is 1.56. The van der Waals surface area contributed by atoms with Gasteiger partial charge in [-0.2, -0.15) is 0 Å². The Labute approximate surface area is 158 Å². The molecule has 2 atom stereocenters. The minimum absolute atomic E-state index is 0.263. The Morgan fingerprint density at radius 2 is 2.12 bits per heavy atom. The first-order chi connectivity index (χ1) is 12.5. The van der Waals surface area contributed by atoms with Gasteiger partial charge >= 0.3 is 5.97 Å². The van der Waals surface area contributed by atoms with Gasteiger partial charge in [-0.1, -0.05) is 18.0 Å². The third kappa shape index (κ3) is 3.10. The lowest BCUT2D eigenvalue weighted by Gasteiger charge is -2.23. The van der Waals surface area contributed by atoms with Crippen LogP contribution in [0.2, 0.25) is 5.02 Å². The molecule has 0 bridgehead atoms. The molecule has 1 aromatic heterocycles. The average molecular weight is 372 g/mol. The van der Waals surface area contributed by atoms with Crippen LogP contribution in [-0.2, 0) is 11.3 Å². The molecule has 0 unspecified atom stereocenters. The topological polar surface area (TPSA) is 66.3 Å². The fourth-order valence-electron chi connectivity index (χ4n) is 4.54. The molecule has 0 radical (unpaired) electrons. The van der Waals surface area contributed by atoms with Crippen molar-refractivity contribution in [1.82, 2.24) is 14.9 Å². The van der Waals surface area contributed by atoms with E-state index in [9.17, 15) is 9.90 Å². The van der Waals surface area contributed by atoms with Crippen LogP contribution in [0.5, 0.6) is 0 Å². The highest BCUT2D eigenvalue weighted by Crippen LogP contribution is 2.49. The molecule has 2 aromatic rings. The van der Waals surface area contributed by atoms with E-state index in [0.29, 0.717) is 23.9 Å². The van der Waals surface area contributed by atoms with E-state index in [4.69, 9.17) is 16.6 Å². The van der Waals surface area contributed by atoms with Gasteiger partial charge in [0.1, 0.15) is 0 Å². The number of rotatable bonds is 4. The van der Waals surface area contributed by atoms with Crippen LogP contribution in [0.1, 0.15) is 30.7 Å². The Morgan fingerprint density at radius 3 is 2.81 bits per heavy atom. The number of carboxylic acid groups (broad SMARTS) is 1. The molecule has 1 N–H and O–H groups in total. The van der Waals surface area contributed by atoms with Crippen LogP contribution in [0, 0.1) is 18.3 Å². The summed E-state index contributed by atoms with van der Waals surface area (Å²) in [5, 5.41) is 10.4. The van der Waals surface area contributed by atoms with Crippen LogP contribution in [-0.4, -0.2) is 39.0 Å². The molecule has 2 heterocycles. The zero-order valence-corrected chi connectivity index (χ0v) is 15.5. The van der Waals surface area contributed by atoms with E-state index in [1.807, 2.05) is 37.3 Å². The van der Waals surface area contributed by atoms with Crippen LogP contribution in [0.4, 0.5) is 0 Å². The first kappa shape index (κ1) is 17.4. The van der Waals surface area contributed by atoms with Gasteiger partial charge in [-0.05, 0) is 56.0 Å². The monoisotopic (exact) mass is 371 g/mol. The largest absolute Gasteiger partial charge is 0.481 e. The van der Waals surface area contributed by atoms with Gasteiger partial charge in [-0.15, -0.1) is 0 Å². The zero-order valence-electron chi connectivity index (χ0n) is 14.8. The van der Waals surface area contributed by atoms with Crippen molar-refractivity contribution in [1.29, 1.82) is 0 Å². The number of halogens is 1. The summed E-state index contributed by atoms with van der Waals surface area (Å²) in [7, 11) is 0. The number of aliphatic carboxylic acids is 1. The van der Waals surface area contributed by atoms with Crippen molar-refractivity contribution >= 4 is 17.6 Å². The lowest BCUT2D eigenvalue weighted by molar-refractivity contribution is -0.149. The van der Waals surface area contributed by atoms with E-state index in [2.05, 4.69) is 9.88 Å². The van der Waals surface area contributed by atoms with Gasteiger partial charge in [0.2, 0.25) is 0 Å². The smallest absolute Gasteiger partial charge is 0.311 e. The SMILES string of the molecule is Cc1cc(CN2C[C@@H]3CCC[C@@]3(C(=O)O)C2)nc(-c2ccc(Cl)cc2)n1. The molecule has 1 aromatic carbocycles. The van der Waals surface area contributed by atoms with Gasteiger partial charge in [0, 0.05) is 35.9 Å². The standard InChI is InChI=1S/C20H22ClN3O2/c1-13-9-17(23-18(22-13)14-4-6-16(21)7-5-14)11-24-10-15-3-2-8-20(15,12-24)19(25)26/h4-7,9,15H,2-3,8,10-12H2,1H3,(H,25,26)/t15-,20+/m0/s1. The van der Waals surface area contributed by atoms with Crippen molar-refractivity contribution in [3.8, 4) is 11.4 Å². The number of hydrogen-bond acceptors (Lipinski definition) is 4. The van der Waals surface area contributed by atoms with Gasteiger partial charge in [0.25, 0.3) is 0 Å². The van der Waals surface area contributed by atoms with E-state index in [1.54, 1.807) is 0 Å². The molecular weight excluding hydrogens is 350 g/mol. The minimum atomic E-state index is -0.636. The number of carbonyl (C=O) groups is 1. The second-order valence-corrected chi connectivity index (χ2v) is 7.99. The highest BCUT2D eigenvalue weighted by molar-refractivity contribution is 6.30. The fourth-order valence-corrected chi connectivity index (χ4v) is 4.66. The van der Waals surface area contributed by atoms with Gasteiger partial charge < -0.3 is 5.11 Å². The second kappa shape index (κ2) is 6.63. The van der Waals surface area contributed by atoms with Gasteiger partial charge in [-0.25, -0.2) is 9.97 Å². The highest BCUT2D eigenvalue weighted by Gasteiger charge is 2.54. The van der Waals surface area contributed by atoms with Crippen LogP contribution in [0.25, 0.3) is 11.4 Å². The highest BCUT2D eigenvalue weighted by atomic mass is 35.5. The molecule has 1 saturated carbocycles. The van der Waals surface area contributed by atoms with Crippen molar-refractivity contribution in [2.45, 2.75) is 32.7 Å². The first-order valence-corrected chi connectivity index (χ1v) is 9.40. The van der Waals surface area contributed by atoms with E-state index in [-0.39, 0.29) is 5.92 Å². The predicted octanol–water partition coefficient (Wildman–Crippen LogP) is 3.79. The summed E-state index contributed by atoms with van der Waals surface area (Å²) in [4.78, 5) is 23.4. The summed E-state index contributed by atoms with van der Waals surface area (Å²) < 4.78 is 0. The van der Waals surface area contributed by atoms with Crippen LogP contribution < -0.4 is 0 Å². The molecule has 1 saturated heterocycles. The molecule has 1 aliphatic carbocycles. The average Bonchev–Trinajstić information content (AvgIpc) is 3.13. The quantitative estimate of drug-likeness (QED) is 0.885. The molecule has 0 spiro atoms. The number of nitrogens with zero attached hydrogens (tertiary/aromatic N) is 3. The van der Waals surface area contributed by atoms with Crippen LogP contribution >= 0.6 is 11.6 Å². The summed E-state index contributed by atoms with van der Waals surface area (Å²) in [6.07, 6.45) is 2.84. The molecular formula is C20H22ClN3O2. The van der Waals surface area contributed by atoms with Crippen molar-refractivity contribution in [2.75, 3.05) is 13.1 Å². The number of benzene rings is 1. The Morgan fingerprint density at radius 1 is 1.35 bits per heavy atom. The van der Waals surface area contributed by atoms with Gasteiger partial charge in [0.05, 0.1) is 11.1 Å². The third-order valence-electron chi connectivity index (χ3n) is 5.76. The van der Waals surface area contributed by atoms with Crippen molar-refractivity contribution in [3.63, 3.8) is 0 Å². The van der Waals surface area contributed by atoms with E-state index >= 15 is 0 Å². The fraction of sp³-hybridized carbons (Fsp3) is 0.450. The van der Waals surface area contributed by atoms with Gasteiger partial charge in [-0.3, -0.25) is 9.69 Å².